The Morgan fingerprint density at radius 2 is 2.10 bits per heavy atom. The number of aliphatic hydroxyl groups excluding tert-OH is 1. The van der Waals surface area contributed by atoms with Gasteiger partial charge in [-0.2, -0.15) is 11.8 Å². The molecule has 1 unspecified atom stereocenters. The van der Waals surface area contributed by atoms with E-state index in [2.05, 4.69) is 0 Å². The molecule has 1 aromatic heterocycles. The Hall–Kier alpha value is -1.00. The summed E-state index contributed by atoms with van der Waals surface area (Å²) >= 11 is 1.81. The molecule has 1 atom stereocenters. The molecule has 1 aliphatic rings. The van der Waals surface area contributed by atoms with Crippen molar-refractivity contribution in [2.45, 2.75) is 43.5 Å². The van der Waals surface area contributed by atoms with Gasteiger partial charge in [-0.3, -0.25) is 0 Å². The highest BCUT2D eigenvalue weighted by atomic mass is 32.2. The molecule has 20 heavy (non-hydrogen) atoms. The van der Waals surface area contributed by atoms with Crippen molar-refractivity contribution in [1.82, 2.24) is 0 Å². The number of hydrogen-bond donors (Lipinski definition) is 1. The van der Waals surface area contributed by atoms with E-state index in [-0.39, 0.29) is 11.4 Å². The van der Waals surface area contributed by atoms with E-state index in [1.807, 2.05) is 11.8 Å². The van der Waals surface area contributed by atoms with Gasteiger partial charge in [0.25, 0.3) is 0 Å². The van der Waals surface area contributed by atoms with Crippen LogP contribution in [0.15, 0.2) is 28.7 Å². The summed E-state index contributed by atoms with van der Waals surface area (Å²) in [6.07, 6.45) is 5.75. The Balaban J connectivity index is 1.65. The fraction of sp³-hybridized carbons (Fsp3) is 0.500. The number of benzene rings is 1. The average Bonchev–Trinajstić information content (AvgIpc) is 2.91. The summed E-state index contributed by atoms with van der Waals surface area (Å²) in [5, 5.41) is 11.6. The van der Waals surface area contributed by atoms with Crippen LogP contribution in [-0.2, 0) is 0 Å². The van der Waals surface area contributed by atoms with Crippen LogP contribution in [0.5, 0.6) is 0 Å². The van der Waals surface area contributed by atoms with Crippen molar-refractivity contribution in [2.75, 3.05) is 5.75 Å². The van der Waals surface area contributed by atoms with Crippen LogP contribution in [0.25, 0.3) is 11.0 Å². The molecule has 0 spiro atoms. The minimum Gasteiger partial charge on any atom is -0.455 e. The first-order chi connectivity index (χ1) is 9.74. The molecule has 1 N–H and O–H groups in total. The number of thioether (sulfide) groups is 1. The van der Waals surface area contributed by atoms with E-state index >= 15 is 0 Å². The fourth-order valence-corrected chi connectivity index (χ4v) is 4.04. The molecule has 1 fully saturated rings. The highest BCUT2D eigenvalue weighted by molar-refractivity contribution is 7.99. The van der Waals surface area contributed by atoms with E-state index in [9.17, 15) is 9.50 Å². The summed E-state index contributed by atoms with van der Waals surface area (Å²) in [5.41, 5.74) is 0.240. The standard InChI is InChI=1S/C16H19FO2S/c17-13-8-4-5-11-9-15(19-16(11)13)14(18)10-20-12-6-2-1-3-7-12/h4-5,8-9,12,14,18H,1-3,6-7,10H2. The minimum atomic E-state index is -0.659. The second kappa shape index (κ2) is 6.19. The summed E-state index contributed by atoms with van der Waals surface area (Å²) in [6.45, 7) is 0. The lowest BCUT2D eigenvalue weighted by Gasteiger charge is -2.21. The zero-order valence-electron chi connectivity index (χ0n) is 11.3. The molecule has 0 bridgehead atoms. The molecule has 0 radical (unpaired) electrons. The molecule has 4 heteroatoms. The molecule has 108 valence electrons. The molecule has 0 saturated heterocycles. The van der Waals surface area contributed by atoms with E-state index in [0.717, 1.165) is 0 Å². The predicted molar refractivity (Wildman–Crippen MR) is 80.5 cm³/mol. The lowest BCUT2D eigenvalue weighted by Crippen LogP contribution is -2.11. The maximum atomic E-state index is 13.6. The number of furan rings is 1. The third-order valence-electron chi connectivity index (χ3n) is 3.89. The molecule has 1 aromatic carbocycles. The first-order valence-corrected chi connectivity index (χ1v) is 8.26. The largest absolute Gasteiger partial charge is 0.455 e. The van der Waals surface area contributed by atoms with Crippen molar-refractivity contribution in [2.24, 2.45) is 0 Å². The van der Waals surface area contributed by atoms with E-state index in [1.165, 1.54) is 38.2 Å². The number of aliphatic hydroxyl groups is 1. The molecular formula is C16H19FO2S. The van der Waals surface area contributed by atoms with Crippen molar-refractivity contribution in [1.29, 1.82) is 0 Å². The van der Waals surface area contributed by atoms with E-state index in [4.69, 9.17) is 4.42 Å². The molecular weight excluding hydrogens is 275 g/mol. The normalized spacial score (nSPS) is 18.5. The Bertz CT molecular complexity index is 575. The number of para-hydroxylation sites is 1. The topological polar surface area (TPSA) is 33.4 Å². The van der Waals surface area contributed by atoms with Gasteiger partial charge in [0.1, 0.15) is 11.9 Å². The zero-order chi connectivity index (χ0) is 13.9. The van der Waals surface area contributed by atoms with Gasteiger partial charge in [-0.05, 0) is 25.0 Å². The van der Waals surface area contributed by atoms with E-state index in [0.29, 0.717) is 22.1 Å². The third kappa shape index (κ3) is 3.01. The van der Waals surface area contributed by atoms with Gasteiger partial charge in [0.2, 0.25) is 0 Å². The van der Waals surface area contributed by atoms with E-state index in [1.54, 1.807) is 18.2 Å². The summed E-state index contributed by atoms with van der Waals surface area (Å²) < 4.78 is 19.0. The van der Waals surface area contributed by atoms with Crippen LogP contribution in [0.2, 0.25) is 0 Å². The minimum absolute atomic E-state index is 0.240. The second-order valence-electron chi connectivity index (χ2n) is 5.42. The van der Waals surface area contributed by atoms with Gasteiger partial charge < -0.3 is 9.52 Å². The van der Waals surface area contributed by atoms with E-state index < -0.39 is 6.10 Å². The van der Waals surface area contributed by atoms with Crippen LogP contribution >= 0.6 is 11.8 Å². The van der Waals surface area contributed by atoms with Gasteiger partial charge in [0.15, 0.2) is 11.4 Å². The van der Waals surface area contributed by atoms with Gasteiger partial charge in [0.05, 0.1) is 0 Å². The first-order valence-electron chi connectivity index (χ1n) is 7.21. The molecule has 1 aliphatic carbocycles. The van der Waals surface area contributed by atoms with Crippen LogP contribution in [0.4, 0.5) is 4.39 Å². The zero-order valence-corrected chi connectivity index (χ0v) is 12.2. The van der Waals surface area contributed by atoms with Crippen molar-refractivity contribution >= 4 is 22.7 Å². The fourth-order valence-electron chi connectivity index (χ4n) is 2.75. The van der Waals surface area contributed by atoms with Crippen LogP contribution in [0.1, 0.15) is 44.0 Å². The van der Waals surface area contributed by atoms with Crippen molar-refractivity contribution in [3.63, 3.8) is 0 Å². The summed E-state index contributed by atoms with van der Waals surface area (Å²) in [6, 6.07) is 6.57. The van der Waals surface area contributed by atoms with Crippen molar-refractivity contribution in [3.8, 4) is 0 Å². The molecule has 0 amide bonds. The molecule has 1 saturated carbocycles. The summed E-state index contributed by atoms with van der Waals surface area (Å²) in [7, 11) is 0. The SMILES string of the molecule is OC(CSC1CCCCC1)c1cc2cccc(F)c2o1. The Labute approximate surface area is 122 Å². The van der Waals surface area contributed by atoms with Gasteiger partial charge in [-0.1, -0.05) is 31.4 Å². The lowest BCUT2D eigenvalue weighted by atomic mass is 10.0. The number of halogens is 1. The monoisotopic (exact) mass is 294 g/mol. The van der Waals surface area contributed by atoms with Crippen LogP contribution in [0, 0.1) is 5.82 Å². The number of fused-ring (bicyclic) bond motifs is 1. The van der Waals surface area contributed by atoms with Gasteiger partial charge in [0, 0.05) is 16.4 Å². The molecule has 2 aromatic rings. The average molecular weight is 294 g/mol. The quantitative estimate of drug-likeness (QED) is 0.889. The Morgan fingerprint density at radius 3 is 2.85 bits per heavy atom. The second-order valence-corrected chi connectivity index (χ2v) is 6.75. The molecule has 1 heterocycles. The van der Waals surface area contributed by atoms with Crippen molar-refractivity contribution < 1.29 is 13.9 Å². The van der Waals surface area contributed by atoms with Crippen LogP contribution in [-0.4, -0.2) is 16.1 Å². The summed E-state index contributed by atoms with van der Waals surface area (Å²) in [4.78, 5) is 0. The maximum Gasteiger partial charge on any atom is 0.170 e. The molecule has 3 rings (SSSR count). The van der Waals surface area contributed by atoms with Crippen LogP contribution in [0.3, 0.4) is 0 Å². The summed E-state index contributed by atoms with van der Waals surface area (Å²) in [5.74, 6) is 0.709. The van der Waals surface area contributed by atoms with Gasteiger partial charge >= 0.3 is 0 Å². The van der Waals surface area contributed by atoms with Gasteiger partial charge in [-0.15, -0.1) is 0 Å². The number of rotatable bonds is 4. The Morgan fingerprint density at radius 1 is 1.30 bits per heavy atom. The highest BCUT2D eigenvalue weighted by Gasteiger charge is 2.19. The maximum absolute atomic E-state index is 13.6. The molecule has 0 aliphatic heterocycles. The van der Waals surface area contributed by atoms with Gasteiger partial charge in [-0.25, -0.2) is 4.39 Å². The number of hydrogen-bond acceptors (Lipinski definition) is 3. The smallest absolute Gasteiger partial charge is 0.170 e. The highest BCUT2D eigenvalue weighted by Crippen LogP contribution is 2.32. The first kappa shape index (κ1) is 14.0. The molecule has 2 nitrogen and oxygen atoms in total. The lowest BCUT2D eigenvalue weighted by molar-refractivity contribution is 0.176. The van der Waals surface area contributed by atoms with Crippen LogP contribution < -0.4 is 0 Å². The Kier molecular flexibility index (Phi) is 4.32. The third-order valence-corrected chi connectivity index (χ3v) is 5.34. The van der Waals surface area contributed by atoms with Crippen molar-refractivity contribution in [3.05, 3.63) is 35.8 Å². The predicted octanol–water partition coefficient (Wildman–Crippen LogP) is 4.67.